The third-order valence-corrected chi connectivity index (χ3v) is 3.33. The van der Waals surface area contributed by atoms with Gasteiger partial charge in [0.15, 0.2) is 0 Å². The summed E-state index contributed by atoms with van der Waals surface area (Å²) < 4.78 is 0. The SMILES string of the molecule is CCCC(C)C(=O)NCCCN1CCNCC1.Cl. The highest BCUT2D eigenvalue weighted by atomic mass is 35.5. The standard InChI is InChI=1S/C13H27N3O.ClH/c1-3-5-12(2)13(17)15-6-4-9-16-10-7-14-8-11-16;/h12,14H,3-11H2,1-2H3,(H,15,17);1H. The van der Waals surface area contributed by atoms with Gasteiger partial charge in [-0.05, 0) is 19.4 Å². The first kappa shape index (κ1) is 17.7. The number of nitrogens with zero attached hydrogens (tertiary/aromatic N) is 1. The lowest BCUT2D eigenvalue weighted by atomic mass is 10.1. The number of amides is 1. The van der Waals surface area contributed by atoms with E-state index in [1.54, 1.807) is 0 Å². The molecule has 5 heteroatoms. The number of piperazine rings is 1. The molecule has 1 atom stereocenters. The third-order valence-electron chi connectivity index (χ3n) is 3.33. The Hall–Kier alpha value is -0.320. The second-order valence-corrected chi connectivity index (χ2v) is 4.93. The summed E-state index contributed by atoms with van der Waals surface area (Å²) in [7, 11) is 0. The van der Waals surface area contributed by atoms with Crippen LogP contribution in [0.1, 0.15) is 33.1 Å². The van der Waals surface area contributed by atoms with Gasteiger partial charge in [0.2, 0.25) is 5.91 Å². The molecule has 0 aromatic heterocycles. The van der Waals surface area contributed by atoms with Crippen molar-refractivity contribution in [1.29, 1.82) is 0 Å². The lowest BCUT2D eigenvalue weighted by Crippen LogP contribution is -2.44. The molecule has 0 aliphatic carbocycles. The second-order valence-electron chi connectivity index (χ2n) is 4.93. The summed E-state index contributed by atoms with van der Waals surface area (Å²) in [6.07, 6.45) is 3.13. The van der Waals surface area contributed by atoms with Crippen LogP contribution in [0.4, 0.5) is 0 Å². The Labute approximate surface area is 117 Å². The van der Waals surface area contributed by atoms with Crippen LogP contribution in [0.2, 0.25) is 0 Å². The number of carbonyl (C=O) groups excluding carboxylic acids is 1. The molecule has 1 amide bonds. The zero-order valence-corrected chi connectivity index (χ0v) is 12.5. The van der Waals surface area contributed by atoms with E-state index in [0.29, 0.717) is 0 Å². The van der Waals surface area contributed by atoms with Crippen molar-refractivity contribution in [3.05, 3.63) is 0 Å². The van der Waals surface area contributed by atoms with Gasteiger partial charge < -0.3 is 15.5 Å². The van der Waals surface area contributed by atoms with Gasteiger partial charge in [-0.1, -0.05) is 20.3 Å². The first-order chi connectivity index (χ1) is 8.24. The minimum absolute atomic E-state index is 0. The number of nitrogens with one attached hydrogen (secondary N) is 2. The molecule has 108 valence electrons. The molecule has 1 aliphatic rings. The van der Waals surface area contributed by atoms with Gasteiger partial charge in [0.1, 0.15) is 0 Å². The molecule has 0 aromatic carbocycles. The van der Waals surface area contributed by atoms with Crippen molar-refractivity contribution in [2.24, 2.45) is 5.92 Å². The van der Waals surface area contributed by atoms with Crippen molar-refractivity contribution in [2.75, 3.05) is 39.3 Å². The van der Waals surface area contributed by atoms with Crippen LogP contribution in [0, 0.1) is 5.92 Å². The van der Waals surface area contributed by atoms with Crippen molar-refractivity contribution < 1.29 is 4.79 Å². The maximum atomic E-state index is 11.6. The van der Waals surface area contributed by atoms with Crippen molar-refractivity contribution >= 4 is 18.3 Å². The summed E-state index contributed by atoms with van der Waals surface area (Å²) in [6.45, 7) is 10.5. The van der Waals surface area contributed by atoms with Crippen molar-refractivity contribution in [3.63, 3.8) is 0 Å². The minimum Gasteiger partial charge on any atom is -0.356 e. The highest BCUT2D eigenvalue weighted by Crippen LogP contribution is 2.04. The Morgan fingerprint density at radius 2 is 2.06 bits per heavy atom. The van der Waals surface area contributed by atoms with Crippen molar-refractivity contribution in [2.45, 2.75) is 33.1 Å². The molecule has 1 rings (SSSR count). The van der Waals surface area contributed by atoms with E-state index in [9.17, 15) is 4.79 Å². The van der Waals surface area contributed by atoms with Crippen LogP contribution in [0.3, 0.4) is 0 Å². The van der Waals surface area contributed by atoms with Crippen LogP contribution < -0.4 is 10.6 Å². The van der Waals surface area contributed by atoms with Crippen LogP contribution in [0.15, 0.2) is 0 Å². The Kier molecular flexibility index (Phi) is 10.4. The van der Waals surface area contributed by atoms with Gasteiger partial charge in [-0.25, -0.2) is 0 Å². The molecule has 0 bridgehead atoms. The largest absolute Gasteiger partial charge is 0.356 e. The normalized spacial score (nSPS) is 17.9. The Balaban J connectivity index is 0.00000289. The van der Waals surface area contributed by atoms with Gasteiger partial charge in [0.25, 0.3) is 0 Å². The lowest BCUT2D eigenvalue weighted by molar-refractivity contribution is -0.124. The second kappa shape index (κ2) is 10.6. The summed E-state index contributed by atoms with van der Waals surface area (Å²) in [5, 5.41) is 6.37. The van der Waals surface area contributed by atoms with Crippen LogP contribution >= 0.6 is 12.4 Å². The maximum Gasteiger partial charge on any atom is 0.222 e. The monoisotopic (exact) mass is 277 g/mol. The number of halogens is 1. The Morgan fingerprint density at radius 3 is 2.67 bits per heavy atom. The minimum atomic E-state index is 0. The quantitative estimate of drug-likeness (QED) is 0.689. The van der Waals surface area contributed by atoms with E-state index >= 15 is 0 Å². The molecular weight excluding hydrogens is 250 g/mol. The predicted octanol–water partition coefficient (Wildman–Crippen LogP) is 1.26. The summed E-state index contributed by atoms with van der Waals surface area (Å²) in [4.78, 5) is 14.1. The molecular formula is C13H28ClN3O. The fourth-order valence-corrected chi connectivity index (χ4v) is 2.19. The molecule has 1 fully saturated rings. The fraction of sp³-hybridized carbons (Fsp3) is 0.923. The molecule has 0 saturated carbocycles. The van der Waals surface area contributed by atoms with E-state index in [2.05, 4.69) is 22.5 Å². The van der Waals surface area contributed by atoms with E-state index in [-0.39, 0.29) is 24.2 Å². The average Bonchev–Trinajstić information content (AvgIpc) is 2.36. The summed E-state index contributed by atoms with van der Waals surface area (Å²) in [6, 6.07) is 0. The smallest absolute Gasteiger partial charge is 0.222 e. The van der Waals surface area contributed by atoms with E-state index in [4.69, 9.17) is 0 Å². The average molecular weight is 278 g/mol. The third kappa shape index (κ3) is 7.19. The van der Waals surface area contributed by atoms with Crippen molar-refractivity contribution in [3.8, 4) is 0 Å². The first-order valence-electron chi connectivity index (χ1n) is 6.94. The van der Waals surface area contributed by atoms with E-state index in [0.717, 1.165) is 58.5 Å². The van der Waals surface area contributed by atoms with Gasteiger partial charge in [-0.15, -0.1) is 12.4 Å². The molecule has 4 nitrogen and oxygen atoms in total. The van der Waals surface area contributed by atoms with Gasteiger partial charge in [0.05, 0.1) is 0 Å². The van der Waals surface area contributed by atoms with E-state index in [1.807, 2.05) is 6.92 Å². The lowest BCUT2D eigenvalue weighted by Gasteiger charge is -2.27. The topological polar surface area (TPSA) is 44.4 Å². The number of hydrogen-bond donors (Lipinski definition) is 2. The number of hydrogen-bond acceptors (Lipinski definition) is 3. The molecule has 0 aromatic rings. The summed E-state index contributed by atoms with van der Waals surface area (Å²) >= 11 is 0. The van der Waals surface area contributed by atoms with Crippen molar-refractivity contribution in [1.82, 2.24) is 15.5 Å². The molecule has 0 radical (unpaired) electrons. The zero-order chi connectivity index (χ0) is 12.5. The summed E-state index contributed by atoms with van der Waals surface area (Å²) in [5.74, 6) is 0.381. The maximum absolute atomic E-state index is 11.6. The highest BCUT2D eigenvalue weighted by molar-refractivity contribution is 5.85. The van der Waals surface area contributed by atoms with Crippen LogP contribution in [-0.2, 0) is 4.79 Å². The van der Waals surface area contributed by atoms with E-state index in [1.165, 1.54) is 0 Å². The van der Waals surface area contributed by atoms with E-state index < -0.39 is 0 Å². The molecule has 1 saturated heterocycles. The summed E-state index contributed by atoms with van der Waals surface area (Å²) in [5.41, 5.74) is 0. The van der Waals surface area contributed by atoms with Gasteiger partial charge in [0, 0.05) is 38.6 Å². The molecule has 1 unspecified atom stereocenters. The van der Waals surface area contributed by atoms with Gasteiger partial charge in [-0.3, -0.25) is 4.79 Å². The van der Waals surface area contributed by atoms with Gasteiger partial charge >= 0.3 is 0 Å². The molecule has 0 spiro atoms. The molecule has 1 heterocycles. The predicted molar refractivity (Wildman–Crippen MR) is 78.3 cm³/mol. The highest BCUT2D eigenvalue weighted by Gasteiger charge is 2.11. The molecule has 2 N–H and O–H groups in total. The zero-order valence-electron chi connectivity index (χ0n) is 11.7. The van der Waals surface area contributed by atoms with Gasteiger partial charge in [-0.2, -0.15) is 0 Å². The molecule has 1 aliphatic heterocycles. The van der Waals surface area contributed by atoms with Crippen LogP contribution in [0.25, 0.3) is 0 Å². The fourth-order valence-electron chi connectivity index (χ4n) is 2.19. The van der Waals surface area contributed by atoms with Crippen LogP contribution in [-0.4, -0.2) is 50.1 Å². The molecule has 18 heavy (non-hydrogen) atoms. The Bertz CT molecular complexity index is 220. The number of rotatable bonds is 7. The first-order valence-corrected chi connectivity index (χ1v) is 6.94. The number of carbonyl (C=O) groups is 1. The Morgan fingerprint density at radius 1 is 1.39 bits per heavy atom. The van der Waals surface area contributed by atoms with Crippen LogP contribution in [0.5, 0.6) is 0 Å².